The van der Waals surface area contributed by atoms with Gasteiger partial charge < -0.3 is 9.57 Å². The summed E-state index contributed by atoms with van der Waals surface area (Å²) in [6, 6.07) is 13.2. The fourth-order valence-corrected chi connectivity index (χ4v) is 2.87. The molecule has 0 saturated heterocycles. The zero-order valence-corrected chi connectivity index (χ0v) is 13.6. The summed E-state index contributed by atoms with van der Waals surface area (Å²) in [5.41, 5.74) is 1.03. The third-order valence-corrected chi connectivity index (χ3v) is 4.10. The van der Waals surface area contributed by atoms with Gasteiger partial charge in [-0.2, -0.15) is 0 Å². The van der Waals surface area contributed by atoms with Crippen LogP contribution in [-0.4, -0.2) is 34.9 Å². The average molecular weight is 348 g/mol. The predicted octanol–water partition coefficient (Wildman–Crippen LogP) is 2.61. The number of para-hydroxylation sites is 1. The molecule has 2 aromatic carbocycles. The van der Waals surface area contributed by atoms with Crippen molar-refractivity contribution in [2.75, 3.05) is 7.11 Å². The van der Waals surface area contributed by atoms with Gasteiger partial charge >= 0.3 is 5.97 Å². The van der Waals surface area contributed by atoms with E-state index < -0.39 is 17.8 Å². The summed E-state index contributed by atoms with van der Waals surface area (Å²) < 4.78 is 5.20. The molecule has 3 aromatic rings. The summed E-state index contributed by atoms with van der Waals surface area (Å²) in [7, 11) is 1.39. The SMILES string of the molecule is COc1cnc2ccccc2c1C(=O)ON1C(=O)c2ccccc2C1=O. The summed E-state index contributed by atoms with van der Waals surface area (Å²) in [5.74, 6) is -2.06. The van der Waals surface area contributed by atoms with Crippen LogP contribution in [0.1, 0.15) is 31.1 Å². The number of amides is 2. The third-order valence-electron chi connectivity index (χ3n) is 4.10. The number of ether oxygens (including phenoxy) is 1. The van der Waals surface area contributed by atoms with Crippen molar-refractivity contribution in [2.45, 2.75) is 0 Å². The minimum absolute atomic E-state index is 0.0923. The van der Waals surface area contributed by atoms with Gasteiger partial charge in [-0.15, -0.1) is 0 Å². The van der Waals surface area contributed by atoms with Gasteiger partial charge in [0.1, 0.15) is 5.56 Å². The van der Waals surface area contributed by atoms with Gasteiger partial charge in [-0.1, -0.05) is 35.4 Å². The highest BCUT2D eigenvalue weighted by atomic mass is 16.7. The van der Waals surface area contributed by atoms with Crippen LogP contribution in [0, 0.1) is 0 Å². The van der Waals surface area contributed by atoms with Crippen LogP contribution in [0.2, 0.25) is 0 Å². The number of hydrogen-bond donors (Lipinski definition) is 0. The Balaban J connectivity index is 1.73. The molecule has 0 saturated carbocycles. The quantitative estimate of drug-likeness (QED) is 0.676. The normalized spacial score (nSPS) is 13.0. The smallest absolute Gasteiger partial charge is 0.368 e. The van der Waals surface area contributed by atoms with Crippen LogP contribution < -0.4 is 4.74 Å². The van der Waals surface area contributed by atoms with Gasteiger partial charge in [0.25, 0.3) is 11.8 Å². The van der Waals surface area contributed by atoms with E-state index in [0.717, 1.165) is 0 Å². The van der Waals surface area contributed by atoms with Crippen LogP contribution in [0.15, 0.2) is 54.7 Å². The van der Waals surface area contributed by atoms with Crippen LogP contribution in [0.3, 0.4) is 0 Å². The number of nitrogens with zero attached hydrogens (tertiary/aromatic N) is 2. The number of methoxy groups -OCH3 is 1. The number of aromatic nitrogens is 1. The molecule has 0 N–H and O–H groups in total. The van der Waals surface area contributed by atoms with Crippen molar-refractivity contribution >= 4 is 28.7 Å². The molecular formula is C19H12N2O5. The van der Waals surface area contributed by atoms with Crippen LogP contribution in [-0.2, 0) is 4.84 Å². The van der Waals surface area contributed by atoms with Crippen molar-refractivity contribution in [1.82, 2.24) is 10.0 Å². The number of carbonyl (C=O) groups excluding carboxylic acids is 3. The standard InChI is InChI=1S/C19H12N2O5/c1-25-15-10-20-14-9-5-4-8-13(14)16(15)19(24)26-21-17(22)11-6-2-3-7-12(11)18(21)23/h2-10H,1H3. The van der Waals surface area contributed by atoms with Crippen LogP contribution >= 0.6 is 0 Å². The van der Waals surface area contributed by atoms with E-state index in [1.54, 1.807) is 36.4 Å². The molecule has 7 nitrogen and oxygen atoms in total. The summed E-state index contributed by atoms with van der Waals surface area (Å²) in [6.07, 6.45) is 1.39. The van der Waals surface area contributed by atoms with Gasteiger partial charge in [-0.25, -0.2) is 4.79 Å². The van der Waals surface area contributed by atoms with Crippen molar-refractivity contribution in [1.29, 1.82) is 0 Å². The second kappa shape index (κ2) is 5.96. The maximum Gasteiger partial charge on any atom is 0.368 e. The van der Waals surface area contributed by atoms with E-state index in [0.29, 0.717) is 16.0 Å². The highest BCUT2D eigenvalue weighted by molar-refractivity contribution is 6.21. The second-order valence-electron chi connectivity index (χ2n) is 5.55. The number of hydrogen-bond acceptors (Lipinski definition) is 6. The Bertz CT molecular complexity index is 1040. The van der Waals surface area contributed by atoms with Gasteiger partial charge in [0.2, 0.25) is 0 Å². The van der Waals surface area contributed by atoms with Crippen molar-refractivity contribution in [3.05, 3.63) is 71.4 Å². The van der Waals surface area contributed by atoms with E-state index in [1.807, 2.05) is 0 Å². The second-order valence-corrected chi connectivity index (χ2v) is 5.55. The lowest BCUT2D eigenvalue weighted by molar-refractivity contribution is -0.0584. The number of rotatable bonds is 3. The number of pyridine rings is 1. The van der Waals surface area contributed by atoms with Crippen molar-refractivity contribution in [3.8, 4) is 5.75 Å². The molecule has 0 radical (unpaired) electrons. The monoisotopic (exact) mass is 348 g/mol. The first-order valence-electron chi connectivity index (χ1n) is 7.73. The highest BCUT2D eigenvalue weighted by Gasteiger charge is 2.39. The molecule has 128 valence electrons. The van der Waals surface area contributed by atoms with Gasteiger partial charge in [0.05, 0.1) is 30.0 Å². The van der Waals surface area contributed by atoms with E-state index in [1.165, 1.54) is 25.4 Å². The predicted molar refractivity (Wildman–Crippen MR) is 90.7 cm³/mol. The molecule has 7 heteroatoms. The fraction of sp³-hybridized carbons (Fsp3) is 0.0526. The Labute approximate surface area is 147 Å². The Morgan fingerprint density at radius 3 is 2.23 bits per heavy atom. The first-order chi connectivity index (χ1) is 12.6. The van der Waals surface area contributed by atoms with Crippen molar-refractivity contribution < 1.29 is 24.0 Å². The molecule has 0 atom stereocenters. The van der Waals surface area contributed by atoms with E-state index in [9.17, 15) is 14.4 Å². The Morgan fingerprint density at radius 1 is 0.962 bits per heavy atom. The Kier molecular flexibility index (Phi) is 3.62. The first kappa shape index (κ1) is 15.8. The summed E-state index contributed by atoms with van der Waals surface area (Å²) in [5, 5.41) is 0.968. The molecule has 4 rings (SSSR count). The molecule has 0 fully saturated rings. The zero-order chi connectivity index (χ0) is 18.3. The van der Waals surface area contributed by atoms with Crippen LogP contribution in [0.4, 0.5) is 0 Å². The summed E-state index contributed by atoms with van der Waals surface area (Å²) in [4.78, 5) is 46.9. The van der Waals surface area contributed by atoms with Gasteiger partial charge in [0.15, 0.2) is 5.75 Å². The molecule has 0 spiro atoms. The molecule has 0 unspecified atom stereocenters. The third kappa shape index (κ3) is 2.29. The van der Waals surface area contributed by atoms with Crippen LogP contribution in [0.5, 0.6) is 5.75 Å². The van der Waals surface area contributed by atoms with E-state index in [-0.39, 0.29) is 22.4 Å². The molecule has 0 bridgehead atoms. The van der Waals surface area contributed by atoms with E-state index in [4.69, 9.17) is 9.57 Å². The number of hydroxylamine groups is 2. The number of carbonyl (C=O) groups is 3. The molecule has 1 aliphatic heterocycles. The maximum atomic E-state index is 12.8. The lowest BCUT2D eigenvalue weighted by Gasteiger charge is -2.15. The molecule has 1 aromatic heterocycles. The zero-order valence-electron chi connectivity index (χ0n) is 13.6. The first-order valence-corrected chi connectivity index (χ1v) is 7.73. The van der Waals surface area contributed by atoms with Gasteiger partial charge in [-0.05, 0) is 18.2 Å². The van der Waals surface area contributed by atoms with E-state index in [2.05, 4.69) is 4.98 Å². The minimum Gasteiger partial charge on any atom is -0.494 e. The van der Waals surface area contributed by atoms with Crippen molar-refractivity contribution in [3.63, 3.8) is 0 Å². The lowest BCUT2D eigenvalue weighted by atomic mass is 10.1. The van der Waals surface area contributed by atoms with Crippen molar-refractivity contribution in [2.24, 2.45) is 0 Å². The lowest BCUT2D eigenvalue weighted by Crippen LogP contribution is -2.32. The van der Waals surface area contributed by atoms with E-state index >= 15 is 0 Å². The molecule has 1 aliphatic rings. The Hall–Kier alpha value is -3.74. The minimum atomic E-state index is -0.880. The maximum absolute atomic E-state index is 12.8. The summed E-state index contributed by atoms with van der Waals surface area (Å²) in [6.45, 7) is 0. The van der Waals surface area contributed by atoms with Crippen LogP contribution in [0.25, 0.3) is 10.9 Å². The summed E-state index contributed by atoms with van der Waals surface area (Å²) >= 11 is 0. The highest BCUT2D eigenvalue weighted by Crippen LogP contribution is 2.29. The number of fused-ring (bicyclic) bond motifs is 2. The van der Waals surface area contributed by atoms with Gasteiger partial charge in [-0.3, -0.25) is 14.6 Å². The molecule has 2 amide bonds. The molecular weight excluding hydrogens is 336 g/mol. The fourth-order valence-electron chi connectivity index (χ4n) is 2.87. The number of benzene rings is 2. The Morgan fingerprint density at radius 2 is 1.58 bits per heavy atom. The largest absolute Gasteiger partial charge is 0.494 e. The molecule has 0 aliphatic carbocycles. The molecule has 2 heterocycles. The van der Waals surface area contributed by atoms with Gasteiger partial charge in [0, 0.05) is 5.39 Å². The number of imide groups is 1. The molecule has 26 heavy (non-hydrogen) atoms. The average Bonchev–Trinajstić information content (AvgIpc) is 2.92. The topological polar surface area (TPSA) is 85.8 Å².